The molecule has 0 amide bonds. The minimum Gasteiger partial charge on any atom is -0.254 e. The van der Waals surface area contributed by atoms with Crippen molar-refractivity contribution >= 4 is 21.8 Å². The van der Waals surface area contributed by atoms with Crippen LogP contribution < -0.4 is 0 Å². The summed E-state index contributed by atoms with van der Waals surface area (Å²) in [5.74, 6) is 0. The normalized spacial score (nSPS) is 11.4. The van der Waals surface area contributed by atoms with Crippen LogP contribution in [0.4, 0.5) is 0 Å². The van der Waals surface area contributed by atoms with Crippen LogP contribution >= 0.6 is 0 Å². The van der Waals surface area contributed by atoms with E-state index in [1.54, 1.807) is 0 Å². The van der Waals surface area contributed by atoms with Gasteiger partial charge in [-0.2, -0.15) is 0 Å². The Bertz CT molecular complexity index is 817. The van der Waals surface area contributed by atoms with Gasteiger partial charge in [-0.1, -0.05) is 6.07 Å². The van der Waals surface area contributed by atoms with Crippen LogP contribution in [0.1, 0.15) is 27.9 Å². The molecule has 96 valence electrons. The molecule has 0 aliphatic carbocycles. The first-order valence-electron chi connectivity index (χ1n) is 6.63. The van der Waals surface area contributed by atoms with E-state index in [1.165, 1.54) is 33.0 Å². The number of rotatable bonds is 0. The fourth-order valence-electron chi connectivity index (χ4n) is 2.86. The largest absolute Gasteiger partial charge is 0.254 e. The van der Waals surface area contributed by atoms with Gasteiger partial charge in [-0.25, -0.2) is 0 Å². The van der Waals surface area contributed by atoms with Crippen molar-refractivity contribution in [2.45, 2.75) is 34.6 Å². The third-order valence-electron chi connectivity index (χ3n) is 4.37. The Labute approximate surface area is 113 Å². The average Bonchev–Trinajstić information content (AvgIpc) is 2.42. The molecular formula is C17H18N2. The van der Waals surface area contributed by atoms with Gasteiger partial charge < -0.3 is 0 Å². The summed E-state index contributed by atoms with van der Waals surface area (Å²) >= 11 is 0. The zero-order valence-electron chi connectivity index (χ0n) is 12.1. The van der Waals surface area contributed by atoms with Crippen molar-refractivity contribution in [2.24, 2.45) is 0 Å². The van der Waals surface area contributed by atoms with Gasteiger partial charge in [-0.3, -0.25) is 9.97 Å². The van der Waals surface area contributed by atoms with E-state index in [0.717, 1.165) is 16.7 Å². The Morgan fingerprint density at radius 3 is 2.21 bits per heavy atom. The number of nitrogens with zero attached hydrogens (tertiary/aromatic N) is 2. The van der Waals surface area contributed by atoms with E-state index >= 15 is 0 Å². The summed E-state index contributed by atoms with van der Waals surface area (Å²) in [6.45, 7) is 10.8. The third-order valence-corrected chi connectivity index (χ3v) is 4.37. The van der Waals surface area contributed by atoms with Crippen molar-refractivity contribution in [3.63, 3.8) is 0 Å². The molecule has 0 aliphatic rings. The van der Waals surface area contributed by atoms with Crippen LogP contribution in [0.5, 0.6) is 0 Å². The zero-order chi connectivity index (χ0) is 13.7. The van der Waals surface area contributed by atoms with Gasteiger partial charge in [0, 0.05) is 22.7 Å². The van der Waals surface area contributed by atoms with Crippen molar-refractivity contribution in [3.05, 3.63) is 46.3 Å². The molecule has 2 nitrogen and oxygen atoms in total. The summed E-state index contributed by atoms with van der Waals surface area (Å²) < 4.78 is 0. The smallest absolute Gasteiger partial charge is 0.0973 e. The first-order valence-corrected chi connectivity index (χ1v) is 6.63. The van der Waals surface area contributed by atoms with Crippen molar-refractivity contribution in [3.8, 4) is 0 Å². The number of hydrogen-bond acceptors (Lipinski definition) is 2. The highest BCUT2D eigenvalue weighted by atomic mass is 14.8. The number of aromatic nitrogens is 2. The van der Waals surface area contributed by atoms with Gasteiger partial charge in [0.15, 0.2) is 0 Å². The van der Waals surface area contributed by atoms with E-state index in [-0.39, 0.29) is 0 Å². The summed E-state index contributed by atoms with van der Waals surface area (Å²) in [5, 5.41) is 2.48. The summed E-state index contributed by atoms with van der Waals surface area (Å²) in [6.07, 6.45) is 1.85. The van der Waals surface area contributed by atoms with Crippen LogP contribution in [0.15, 0.2) is 18.3 Å². The first-order chi connectivity index (χ1) is 9.02. The molecule has 0 unspecified atom stereocenters. The maximum atomic E-state index is 4.80. The molecule has 0 bridgehead atoms. The zero-order valence-corrected chi connectivity index (χ0v) is 12.1. The summed E-state index contributed by atoms with van der Waals surface area (Å²) in [7, 11) is 0. The van der Waals surface area contributed by atoms with Gasteiger partial charge in [0.2, 0.25) is 0 Å². The van der Waals surface area contributed by atoms with Crippen LogP contribution in [0.25, 0.3) is 21.8 Å². The van der Waals surface area contributed by atoms with Crippen LogP contribution in [0.2, 0.25) is 0 Å². The molecule has 0 spiro atoms. The molecule has 3 aromatic rings. The van der Waals surface area contributed by atoms with E-state index < -0.39 is 0 Å². The molecule has 2 heterocycles. The van der Waals surface area contributed by atoms with E-state index in [1.807, 2.05) is 12.3 Å². The van der Waals surface area contributed by atoms with Gasteiger partial charge in [0.1, 0.15) is 0 Å². The Balaban J connectivity index is 2.70. The van der Waals surface area contributed by atoms with E-state index in [0.29, 0.717) is 0 Å². The molecule has 3 rings (SSSR count). The Hall–Kier alpha value is -1.96. The van der Waals surface area contributed by atoms with Crippen molar-refractivity contribution in [2.75, 3.05) is 0 Å². The molecular weight excluding hydrogens is 232 g/mol. The lowest BCUT2D eigenvalue weighted by Crippen LogP contribution is -1.99. The van der Waals surface area contributed by atoms with Crippen LogP contribution in [0.3, 0.4) is 0 Å². The monoisotopic (exact) mass is 250 g/mol. The highest BCUT2D eigenvalue weighted by Crippen LogP contribution is 2.33. The molecule has 0 saturated heterocycles. The fraction of sp³-hybridized carbons (Fsp3) is 0.294. The van der Waals surface area contributed by atoms with E-state index in [9.17, 15) is 0 Å². The molecule has 19 heavy (non-hydrogen) atoms. The third kappa shape index (κ3) is 1.56. The first kappa shape index (κ1) is 12.1. The summed E-state index contributed by atoms with van der Waals surface area (Å²) in [5.41, 5.74) is 8.40. The van der Waals surface area contributed by atoms with Crippen LogP contribution in [-0.2, 0) is 0 Å². The average molecular weight is 250 g/mol. The topological polar surface area (TPSA) is 25.8 Å². The van der Waals surface area contributed by atoms with Crippen molar-refractivity contribution < 1.29 is 0 Å². The molecule has 1 aromatic carbocycles. The van der Waals surface area contributed by atoms with E-state index in [4.69, 9.17) is 4.98 Å². The lowest BCUT2D eigenvalue weighted by atomic mass is 9.93. The molecule has 0 radical (unpaired) electrons. The number of benzene rings is 1. The van der Waals surface area contributed by atoms with Gasteiger partial charge in [0.05, 0.1) is 11.0 Å². The standard InChI is InChI=1S/C17H18N2/c1-9-11(3)15-12(4)10(2)14-7-6-8-18-16(14)17(15)19-13(9)5/h6-8H,1-5H3. The predicted molar refractivity (Wildman–Crippen MR) is 80.7 cm³/mol. The van der Waals surface area contributed by atoms with Gasteiger partial charge >= 0.3 is 0 Å². The quantitative estimate of drug-likeness (QED) is 0.555. The highest BCUT2D eigenvalue weighted by molar-refractivity contribution is 6.07. The second-order valence-electron chi connectivity index (χ2n) is 5.32. The number of fused-ring (bicyclic) bond motifs is 3. The molecule has 0 aliphatic heterocycles. The maximum absolute atomic E-state index is 4.80. The SMILES string of the molecule is Cc1nc2c(c(C)c1C)c(C)c(C)c1cccnc12. The highest BCUT2D eigenvalue weighted by Gasteiger charge is 2.14. The molecule has 0 fully saturated rings. The summed E-state index contributed by atoms with van der Waals surface area (Å²) in [6, 6.07) is 4.13. The minimum absolute atomic E-state index is 1.02. The van der Waals surface area contributed by atoms with Crippen LogP contribution in [-0.4, -0.2) is 9.97 Å². The van der Waals surface area contributed by atoms with Crippen molar-refractivity contribution in [1.29, 1.82) is 0 Å². The fourth-order valence-corrected chi connectivity index (χ4v) is 2.86. The lowest BCUT2D eigenvalue weighted by Gasteiger charge is -2.15. The second-order valence-corrected chi connectivity index (χ2v) is 5.32. The van der Waals surface area contributed by atoms with Gasteiger partial charge in [-0.05, 0) is 62.9 Å². The number of aryl methyl sites for hydroxylation is 4. The minimum atomic E-state index is 1.02. The molecule has 0 atom stereocenters. The lowest BCUT2D eigenvalue weighted by molar-refractivity contribution is 1.16. The van der Waals surface area contributed by atoms with Gasteiger partial charge in [0.25, 0.3) is 0 Å². The second kappa shape index (κ2) is 4.02. The number of pyridine rings is 2. The van der Waals surface area contributed by atoms with Gasteiger partial charge in [-0.15, -0.1) is 0 Å². The Morgan fingerprint density at radius 1 is 0.789 bits per heavy atom. The Morgan fingerprint density at radius 2 is 1.47 bits per heavy atom. The Kier molecular flexibility index (Phi) is 2.56. The predicted octanol–water partition coefficient (Wildman–Crippen LogP) is 4.33. The van der Waals surface area contributed by atoms with Crippen LogP contribution in [0, 0.1) is 34.6 Å². The molecule has 2 heteroatoms. The molecule has 0 N–H and O–H groups in total. The molecule has 0 saturated carbocycles. The van der Waals surface area contributed by atoms with E-state index in [2.05, 4.69) is 45.7 Å². The molecule has 2 aromatic heterocycles. The maximum Gasteiger partial charge on any atom is 0.0973 e. The number of hydrogen-bond donors (Lipinski definition) is 0. The van der Waals surface area contributed by atoms with Crippen molar-refractivity contribution in [1.82, 2.24) is 9.97 Å². The summed E-state index contributed by atoms with van der Waals surface area (Å²) in [4.78, 5) is 9.36.